The first kappa shape index (κ1) is 21.5. The Morgan fingerprint density at radius 1 is 1.08 bits per heavy atom. The number of hydrogen-bond acceptors (Lipinski definition) is 10. The number of nitrogens with zero attached hydrogens (tertiary/aromatic N) is 3. The van der Waals surface area contributed by atoms with Gasteiger partial charge in [0, 0.05) is 11.5 Å². The summed E-state index contributed by atoms with van der Waals surface area (Å²) in [5, 5.41) is 32.6. The Labute approximate surface area is 143 Å². The van der Waals surface area contributed by atoms with Gasteiger partial charge in [0.1, 0.15) is 18.3 Å². The number of ether oxygens (including phenoxy) is 5. The summed E-state index contributed by atoms with van der Waals surface area (Å²) in [7, 11) is 1.11. The predicted octanol–water partition coefficient (Wildman–Crippen LogP) is -1.67. The minimum absolute atomic E-state index is 0.0111. The van der Waals surface area contributed by atoms with E-state index in [0.29, 0.717) is 13.2 Å². The van der Waals surface area contributed by atoms with Crippen molar-refractivity contribution in [1.82, 2.24) is 0 Å². The fourth-order valence-corrected chi connectivity index (χ4v) is 1.99. The number of carbonyl (C=O) groups excluding carboxylic acids is 1. The molecule has 0 aromatic carbocycles. The lowest BCUT2D eigenvalue weighted by atomic mass is 9.99. The monoisotopic (exact) mass is 365 g/mol. The van der Waals surface area contributed by atoms with Gasteiger partial charge in [0.15, 0.2) is 12.4 Å². The van der Waals surface area contributed by atoms with E-state index in [4.69, 9.17) is 24.5 Å². The Balaban J connectivity index is 2.22. The molecule has 0 radical (unpaired) electrons. The van der Waals surface area contributed by atoms with Crippen LogP contribution in [0.1, 0.15) is 0 Å². The average Bonchev–Trinajstić information content (AvgIpc) is 2.62. The highest BCUT2D eigenvalue weighted by atomic mass is 16.7. The molecule has 0 amide bonds. The molecular formula is C13H23N3O9. The fraction of sp³-hybridized carbons (Fsp3) is 0.923. The van der Waals surface area contributed by atoms with Gasteiger partial charge in [0.25, 0.3) is 0 Å². The van der Waals surface area contributed by atoms with Crippen LogP contribution in [0.3, 0.4) is 0 Å². The van der Waals surface area contributed by atoms with Crippen LogP contribution < -0.4 is 0 Å². The van der Waals surface area contributed by atoms with Gasteiger partial charge in [0.2, 0.25) is 0 Å². The minimum Gasteiger partial charge on any atom is -0.467 e. The third-order valence-corrected chi connectivity index (χ3v) is 3.28. The third-order valence-electron chi connectivity index (χ3n) is 3.28. The molecule has 1 aliphatic rings. The summed E-state index contributed by atoms with van der Waals surface area (Å²) in [5.74, 6) is -0.888. The van der Waals surface area contributed by atoms with Crippen molar-refractivity contribution in [2.45, 2.75) is 30.7 Å². The second-order valence-corrected chi connectivity index (χ2v) is 4.97. The van der Waals surface area contributed by atoms with E-state index in [2.05, 4.69) is 14.8 Å². The number of esters is 1. The van der Waals surface area contributed by atoms with Crippen molar-refractivity contribution in [3.8, 4) is 0 Å². The van der Waals surface area contributed by atoms with Gasteiger partial charge in [0.05, 0.1) is 40.1 Å². The molecule has 1 fully saturated rings. The maximum atomic E-state index is 11.5. The lowest BCUT2D eigenvalue weighted by Gasteiger charge is -2.38. The van der Waals surface area contributed by atoms with E-state index in [1.807, 2.05) is 0 Å². The highest BCUT2D eigenvalue weighted by Crippen LogP contribution is 2.22. The SMILES string of the molecule is COC(=O)[C@H]1OC(OCCOCCOCCN=[N+]=[N-])[C@H](O)[C@@H](O)[C@@H]1O. The van der Waals surface area contributed by atoms with Crippen LogP contribution >= 0.6 is 0 Å². The maximum absolute atomic E-state index is 11.5. The highest BCUT2D eigenvalue weighted by molar-refractivity contribution is 5.75. The van der Waals surface area contributed by atoms with E-state index in [1.54, 1.807) is 0 Å². The number of hydrogen-bond donors (Lipinski definition) is 3. The molecule has 0 aliphatic carbocycles. The number of aliphatic hydroxyl groups is 3. The van der Waals surface area contributed by atoms with Gasteiger partial charge in [-0.1, -0.05) is 5.11 Å². The first-order chi connectivity index (χ1) is 12.0. The zero-order valence-corrected chi connectivity index (χ0v) is 13.8. The second kappa shape index (κ2) is 12.0. The normalized spacial score (nSPS) is 29.0. The molecule has 25 heavy (non-hydrogen) atoms. The molecule has 1 unspecified atom stereocenters. The highest BCUT2D eigenvalue weighted by Gasteiger charge is 2.47. The van der Waals surface area contributed by atoms with Gasteiger partial charge >= 0.3 is 5.97 Å². The van der Waals surface area contributed by atoms with Crippen molar-refractivity contribution in [2.24, 2.45) is 5.11 Å². The first-order valence-electron chi connectivity index (χ1n) is 7.58. The Bertz CT molecular complexity index is 446. The number of methoxy groups -OCH3 is 1. The van der Waals surface area contributed by atoms with Crippen LogP contribution in [0.15, 0.2) is 5.11 Å². The lowest BCUT2D eigenvalue weighted by Crippen LogP contribution is -2.60. The summed E-state index contributed by atoms with van der Waals surface area (Å²) in [5.41, 5.74) is 8.06. The Kier molecular flexibility index (Phi) is 10.3. The zero-order valence-electron chi connectivity index (χ0n) is 13.8. The standard InChI is InChI=1S/C13H23N3O9/c1-21-12(20)11-9(18)8(17)10(19)13(25-11)24-7-6-23-5-4-22-3-2-15-16-14/h8-11,13,17-19H,2-7H2,1H3/t8-,9-,10+,11-,13?/m0/s1. The number of rotatable bonds is 11. The number of azide groups is 1. The Morgan fingerprint density at radius 2 is 1.72 bits per heavy atom. The quantitative estimate of drug-likeness (QED) is 0.127. The van der Waals surface area contributed by atoms with Gasteiger partial charge < -0.3 is 39.0 Å². The molecule has 12 heteroatoms. The third kappa shape index (κ3) is 7.10. The maximum Gasteiger partial charge on any atom is 0.337 e. The van der Waals surface area contributed by atoms with E-state index < -0.39 is 36.7 Å². The molecule has 0 saturated carbocycles. The van der Waals surface area contributed by atoms with Gasteiger partial charge in [-0.15, -0.1) is 0 Å². The average molecular weight is 365 g/mol. The Morgan fingerprint density at radius 3 is 2.36 bits per heavy atom. The molecule has 144 valence electrons. The molecule has 0 bridgehead atoms. The molecular weight excluding hydrogens is 342 g/mol. The molecule has 5 atom stereocenters. The molecule has 0 aromatic rings. The molecule has 3 N–H and O–H groups in total. The fourth-order valence-electron chi connectivity index (χ4n) is 1.99. The van der Waals surface area contributed by atoms with Crippen LogP contribution in [-0.4, -0.2) is 98.7 Å². The Hall–Kier alpha value is -1.50. The molecule has 1 heterocycles. The largest absolute Gasteiger partial charge is 0.467 e. The van der Waals surface area contributed by atoms with Crippen LogP contribution in [0.25, 0.3) is 10.4 Å². The minimum atomic E-state index is -1.62. The molecule has 12 nitrogen and oxygen atoms in total. The second-order valence-electron chi connectivity index (χ2n) is 4.97. The van der Waals surface area contributed by atoms with Crippen molar-refractivity contribution >= 4 is 5.97 Å². The molecule has 0 spiro atoms. The van der Waals surface area contributed by atoms with Gasteiger partial charge in [-0.2, -0.15) is 0 Å². The summed E-state index contributed by atoms with van der Waals surface area (Å²) < 4.78 is 25.2. The zero-order chi connectivity index (χ0) is 18.7. The van der Waals surface area contributed by atoms with Crippen LogP contribution in [0.4, 0.5) is 0 Å². The summed E-state index contributed by atoms with van der Waals surface area (Å²) in [4.78, 5) is 14.1. The topological polar surface area (TPSA) is 173 Å². The van der Waals surface area contributed by atoms with Crippen molar-refractivity contribution in [3.05, 3.63) is 10.4 Å². The summed E-state index contributed by atoms with van der Waals surface area (Å²) in [6.07, 6.45) is -7.54. The first-order valence-corrected chi connectivity index (χ1v) is 7.58. The number of carbonyl (C=O) groups is 1. The van der Waals surface area contributed by atoms with E-state index in [1.165, 1.54) is 0 Å². The van der Waals surface area contributed by atoms with E-state index >= 15 is 0 Å². The van der Waals surface area contributed by atoms with E-state index in [0.717, 1.165) is 7.11 Å². The van der Waals surface area contributed by atoms with Gasteiger partial charge in [-0.25, -0.2) is 4.79 Å². The summed E-state index contributed by atoms with van der Waals surface area (Å²) in [6, 6.07) is 0. The predicted molar refractivity (Wildman–Crippen MR) is 80.3 cm³/mol. The van der Waals surface area contributed by atoms with E-state index in [9.17, 15) is 20.1 Å². The number of aliphatic hydroxyl groups excluding tert-OH is 3. The molecule has 1 aliphatic heterocycles. The smallest absolute Gasteiger partial charge is 0.337 e. The van der Waals surface area contributed by atoms with Gasteiger partial charge in [-0.3, -0.25) is 0 Å². The van der Waals surface area contributed by atoms with E-state index in [-0.39, 0.29) is 26.4 Å². The van der Waals surface area contributed by atoms with Crippen molar-refractivity contribution in [3.63, 3.8) is 0 Å². The van der Waals surface area contributed by atoms with Crippen LogP contribution in [0.2, 0.25) is 0 Å². The summed E-state index contributed by atoms with van der Waals surface area (Å²) >= 11 is 0. The van der Waals surface area contributed by atoms with Gasteiger partial charge in [-0.05, 0) is 5.53 Å². The van der Waals surface area contributed by atoms with Crippen molar-refractivity contribution in [1.29, 1.82) is 0 Å². The van der Waals surface area contributed by atoms with Crippen LogP contribution in [-0.2, 0) is 28.5 Å². The molecule has 1 rings (SSSR count). The lowest BCUT2D eigenvalue weighted by molar-refractivity contribution is -0.296. The summed E-state index contributed by atoms with van der Waals surface area (Å²) in [6.45, 7) is 1.27. The van der Waals surface area contributed by atoms with Crippen molar-refractivity contribution < 1.29 is 43.8 Å². The molecule has 1 saturated heterocycles. The van der Waals surface area contributed by atoms with Crippen LogP contribution in [0, 0.1) is 0 Å². The van der Waals surface area contributed by atoms with Crippen LogP contribution in [0.5, 0.6) is 0 Å². The van der Waals surface area contributed by atoms with Crippen molar-refractivity contribution in [2.75, 3.05) is 46.7 Å². The molecule has 0 aromatic heterocycles.